The predicted octanol–water partition coefficient (Wildman–Crippen LogP) is 4.30. The van der Waals surface area contributed by atoms with Crippen molar-refractivity contribution < 1.29 is 0 Å². The summed E-state index contributed by atoms with van der Waals surface area (Å²) < 4.78 is 0. The third-order valence-corrected chi connectivity index (χ3v) is 4.61. The average molecular weight is 276 g/mol. The molecule has 0 atom stereocenters. The maximum atomic E-state index is 3.53. The predicted molar refractivity (Wildman–Crippen MR) is 88.6 cm³/mol. The molecule has 0 radical (unpaired) electrons. The number of aromatic nitrogens is 1. The molecule has 4 rings (SSSR count). The molecular formula is C19H20N2. The van der Waals surface area contributed by atoms with Crippen LogP contribution < -0.4 is 5.32 Å². The Kier molecular flexibility index (Phi) is 3.24. The first-order chi connectivity index (χ1) is 10.4. The fourth-order valence-electron chi connectivity index (χ4n) is 3.51. The fourth-order valence-corrected chi connectivity index (χ4v) is 3.51. The molecule has 2 N–H and O–H groups in total. The van der Waals surface area contributed by atoms with Gasteiger partial charge in [0, 0.05) is 17.1 Å². The quantitative estimate of drug-likeness (QED) is 0.717. The smallest absolute Gasteiger partial charge is 0.0536 e. The van der Waals surface area contributed by atoms with Gasteiger partial charge in [-0.05, 0) is 43.0 Å². The van der Waals surface area contributed by atoms with Crippen molar-refractivity contribution in [3.63, 3.8) is 0 Å². The molecule has 2 nitrogen and oxygen atoms in total. The van der Waals surface area contributed by atoms with Gasteiger partial charge in [0.2, 0.25) is 0 Å². The number of fused-ring (bicyclic) bond motifs is 1. The highest BCUT2D eigenvalue weighted by Gasteiger charge is 2.19. The topological polar surface area (TPSA) is 27.8 Å². The zero-order valence-corrected chi connectivity index (χ0v) is 12.1. The van der Waals surface area contributed by atoms with Crippen molar-refractivity contribution in [2.75, 3.05) is 13.1 Å². The molecule has 1 saturated heterocycles. The first-order valence-corrected chi connectivity index (χ1v) is 7.79. The zero-order chi connectivity index (χ0) is 14.1. The maximum absolute atomic E-state index is 3.53. The Bertz CT molecular complexity index is 737. The third kappa shape index (κ3) is 2.26. The minimum atomic E-state index is 0.686. The summed E-state index contributed by atoms with van der Waals surface area (Å²) >= 11 is 0. The summed E-state index contributed by atoms with van der Waals surface area (Å²) in [7, 11) is 0. The molecule has 0 spiro atoms. The second kappa shape index (κ2) is 5.38. The highest BCUT2D eigenvalue weighted by molar-refractivity contribution is 5.96. The summed E-state index contributed by atoms with van der Waals surface area (Å²) in [4.78, 5) is 3.53. The van der Waals surface area contributed by atoms with Crippen LogP contribution >= 0.6 is 0 Å². The van der Waals surface area contributed by atoms with E-state index < -0.39 is 0 Å². The van der Waals surface area contributed by atoms with E-state index in [0.717, 1.165) is 13.1 Å². The number of hydrogen-bond acceptors (Lipinski definition) is 1. The molecule has 21 heavy (non-hydrogen) atoms. The number of para-hydroxylation sites is 1. The summed E-state index contributed by atoms with van der Waals surface area (Å²) in [6.45, 7) is 2.27. The van der Waals surface area contributed by atoms with Crippen LogP contribution in [-0.2, 0) is 0 Å². The largest absolute Gasteiger partial charge is 0.360 e. The fraction of sp³-hybridized carbons (Fsp3) is 0.263. The van der Waals surface area contributed by atoms with Crippen molar-refractivity contribution >= 4 is 10.9 Å². The van der Waals surface area contributed by atoms with Crippen molar-refractivity contribution in [3.05, 3.63) is 60.3 Å². The summed E-state index contributed by atoms with van der Waals surface area (Å²) in [5.41, 5.74) is 5.34. The second-order valence-corrected chi connectivity index (χ2v) is 5.86. The van der Waals surface area contributed by atoms with Crippen molar-refractivity contribution in [1.82, 2.24) is 10.3 Å². The normalized spacial score (nSPS) is 16.4. The number of aromatic amines is 1. The number of nitrogens with one attached hydrogen (secondary N) is 2. The number of H-pyrrole nitrogens is 1. The van der Waals surface area contributed by atoms with Crippen molar-refractivity contribution in [2.45, 2.75) is 18.8 Å². The van der Waals surface area contributed by atoms with Gasteiger partial charge in [0.15, 0.2) is 0 Å². The molecule has 3 aromatic rings. The Labute approximate surface area is 125 Å². The molecule has 1 aromatic heterocycles. The minimum absolute atomic E-state index is 0.686. The summed E-state index contributed by atoms with van der Waals surface area (Å²) in [6.07, 6.45) is 4.71. The lowest BCUT2D eigenvalue weighted by Crippen LogP contribution is -2.26. The van der Waals surface area contributed by atoms with Crippen LogP contribution in [-0.4, -0.2) is 18.1 Å². The molecule has 2 heteroatoms. The molecule has 1 aliphatic rings. The van der Waals surface area contributed by atoms with Crippen LogP contribution in [0.25, 0.3) is 22.0 Å². The van der Waals surface area contributed by atoms with Crippen LogP contribution in [0.1, 0.15) is 24.3 Å². The average Bonchev–Trinajstić information content (AvgIpc) is 3.00. The van der Waals surface area contributed by atoms with Gasteiger partial charge in [-0.1, -0.05) is 48.5 Å². The van der Waals surface area contributed by atoms with Crippen LogP contribution in [0.5, 0.6) is 0 Å². The van der Waals surface area contributed by atoms with Crippen molar-refractivity contribution in [1.29, 1.82) is 0 Å². The van der Waals surface area contributed by atoms with Crippen molar-refractivity contribution in [2.24, 2.45) is 0 Å². The van der Waals surface area contributed by atoms with Gasteiger partial charge in [-0.25, -0.2) is 0 Å². The van der Waals surface area contributed by atoms with E-state index in [9.17, 15) is 0 Å². The molecule has 2 heterocycles. The minimum Gasteiger partial charge on any atom is -0.360 e. The summed E-state index contributed by atoms with van der Waals surface area (Å²) in [5.74, 6) is 0.686. The number of rotatable bonds is 2. The molecular weight excluding hydrogens is 256 g/mol. The molecule has 0 saturated carbocycles. The molecule has 0 unspecified atom stereocenters. The van der Waals surface area contributed by atoms with E-state index in [0.29, 0.717) is 5.92 Å². The van der Waals surface area contributed by atoms with Crippen LogP contribution in [0.15, 0.2) is 54.7 Å². The maximum Gasteiger partial charge on any atom is 0.0536 e. The summed E-state index contributed by atoms with van der Waals surface area (Å²) in [5, 5.41) is 4.84. The molecule has 106 valence electrons. The summed E-state index contributed by atoms with van der Waals surface area (Å²) in [6, 6.07) is 17.3. The van der Waals surface area contributed by atoms with Crippen LogP contribution in [0, 0.1) is 0 Å². The highest BCUT2D eigenvalue weighted by Crippen LogP contribution is 2.35. The molecule has 1 fully saturated rings. The first-order valence-electron chi connectivity index (χ1n) is 7.79. The van der Waals surface area contributed by atoms with Gasteiger partial charge < -0.3 is 10.3 Å². The SMILES string of the molecule is c1ccc(-c2cccc3c(C4CCNCC4)c[nH]c23)cc1. The monoisotopic (exact) mass is 276 g/mol. The second-order valence-electron chi connectivity index (χ2n) is 5.86. The molecule has 2 aromatic carbocycles. The Hall–Kier alpha value is -2.06. The van der Waals surface area contributed by atoms with Gasteiger partial charge in [0.05, 0.1) is 5.52 Å². The molecule has 0 aliphatic carbocycles. The van der Waals surface area contributed by atoms with Gasteiger partial charge in [-0.3, -0.25) is 0 Å². The lowest BCUT2D eigenvalue weighted by Gasteiger charge is -2.22. The Morgan fingerprint density at radius 1 is 0.857 bits per heavy atom. The highest BCUT2D eigenvalue weighted by atomic mass is 14.9. The van der Waals surface area contributed by atoms with Crippen LogP contribution in [0.3, 0.4) is 0 Å². The molecule has 0 bridgehead atoms. The Morgan fingerprint density at radius 2 is 1.67 bits per heavy atom. The molecule has 1 aliphatic heterocycles. The lowest BCUT2D eigenvalue weighted by atomic mass is 9.89. The van der Waals surface area contributed by atoms with Crippen LogP contribution in [0.4, 0.5) is 0 Å². The lowest BCUT2D eigenvalue weighted by molar-refractivity contribution is 0.462. The van der Waals surface area contributed by atoms with E-state index in [1.165, 1.54) is 40.4 Å². The van der Waals surface area contributed by atoms with Gasteiger partial charge in [0.1, 0.15) is 0 Å². The van der Waals surface area contributed by atoms with Crippen LogP contribution in [0.2, 0.25) is 0 Å². The van der Waals surface area contributed by atoms with E-state index in [1.54, 1.807) is 0 Å². The van der Waals surface area contributed by atoms with Gasteiger partial charge in [-0.15, -0.1) is 0 Å². The standard InChI is InChI=1S/C19H20N2/c1-2-5-14(6-3-1)16-7-4-8-17-18(13-21-19(16)17)15-9-11-20-12-10-15/h1-8,13,15,20-21H,9-12H2. The third-order valence-electron chi connectivity index (χ3n) is 4.61. The van der Waals surface area contributed by atoms with E-state index in [-0.39, 0.29) is 0 Å². The number of benzene rings is 2. The zero-order valence-electron chi connectivity index (χ0n) is 12.1. The number of hydrogen-bond donors (Lipinski definition) is 2. The van der Waals surface area contributed by atoms with E-state index in [4.69, 9.17) is 0 Å². The Balaban J connectivity index is 1.83. The van der Waals surface area contributed by atoms with E-state index in [2.05, 4.69) is 65.0 Å². The van der Waals surface area contributed by atoms with E-state index >= 15 is 0 Å². The Morgan fingerprint density at radius 3 is 2.48 bits per heavy atom. The van der Waals surface area contributed by atoms with Gasteiger partial charge in [0.25, 0.3) is 0 Å². The number of piperidine rings is 1. The van der Waals surface area contributed by atoms with Gasteiger partial charge >= 0.3 is 0 Å². The molecule has 0 amide bonds. The van der Waals surface area contributed by atoms with E-state index in [1.807, 2.05) is 0 Å². The van der Waals surface area contributed by atoms with Crippen molar-refractivity contribution in [3.8, 4) is 11.1 Å². The first kappa shape index (κ1) is 12.7. The van der Waals surface area contributed by atoms with Gasteiger partial charge in [-0.2, -0.15) is 0 Å².